The van der Waals surface area contributed by atoms with Crippen molar-refractivity contribution >= 4 is 0 Å². The Kier molecular flexibility index (Phi) is 2.92. The summed E-state index contributed by atoms with van der Waals surface area (Å²) in [5.41, 5.74) is 2.72. The zero-order chi connectivity index (χ0) is 13.6. The summed E-state index contributed by atoms with van der Waals surface area (Å²) >= 11 is 0. The van der Waals surface area contributed by atoms with Crippen LogP contribution in [-0.4, -0.2) is 12.9 Å². The van der Waals surface area contributed by atoms with E-state index in [1.54, 1.807) is 0 Å². The largest absolute Gasteiger partial charge is 0.454 e. The molecule has 1 aromatic rings. The lowest BCUT2D eigenvalue weighted by molar-refractivity contribution is -0.149. The van der Waals surface area contributed by atoms with Gasteiger partial charge in [-0.3, -0.25) is 0 Å². The Morgan fingerprint density at radius 1 is 1.25 bits per heavy atom. The maximum absolute atomic E-state index is 6.50. The zero-order valence-corrected chi connectivity index (χ0v) is 12.1. The third kappa shape index (κ3) is 1.83. The summed E-state index contributed by atoms with van der Waals surface area (Å²) in [5, 5.41) is 0. The predicted octanol–water partition coefficient (Wildman–Crippen LogP) is 3.93. The van der Waals surface area contributed by atoms with Gasteiger partial charge < -0.3 is 14.2 Å². The van der Waals surface area contributed by atoms with Crippen molar-refractivity contribution in [2.75, 3.05) is 6.79 Å². The van der Waals surface area contributed by atoms with E-state index in [1.807, 2.05) is 0 Å². The summed E-state index contributed by atoms with van der Waals surface area (Å²) in [5.74, 6) is 1.81. The van der Waals surface area contributed by atoms with E-state index >= 15 is 0 Å². The van der Waals surface area contributed by atoms with Crippen LogP contribution in [0.5, 0.6) is 11.5 Å². The molecule has 1 fully saturated rings. The third-order valence-electron chi connectivity index (χ3n) is 4.97. The van der Waals surface area contributed by atoms with Crippen LogP contribution in [0.4, 0.5) is 0 Å². The van der Waals surface area contributed by atoms with Gasteiger partial charge in [0.25, 0.3) is 0 Å². The highest BCUT2D eigenvalue weighted by atomic mass is 16.7. The summed E-state index contributed by atoms with van der Waals surface area (Å²) in [4.78, 5) is 0. The molecule has 0 saturated carbocycles. The highest BCUT2D eigenvalue weighted by Crippen LogP contribution is 2.50. The van der Waals surface area contributed by atoms with Crippen LogP contribution in [0.1, 0.15) is 56.6 Å². The maximum atomic E-state index is 6.50. The molecular weight excluding hydrogens is 252 g/mol. The number of fused-ring (bicyclic) bond motifs is 5. The van der Waals surface area contributed by atoms with Crippen molar-refractivity contribution < 1.29 is 14.2 Å². The van der Waals surface area contributed by atoms with Gasteiger partial charge in [-0.1, -0.05) is 19.8 Å². The summed E-state index contributed by atoms with van der Waals surface area (Å²) < 4.78 is 17.6. The summed E-state index contributed by atoms with van der Waals surface area (Å²) in [6.07, 6.45) is 8.62. The van der Waals surface area contributed by atoms with E-state index in [2.05, 4.69) is 19.1 Å². The Hall–Kier alpha value is -1.22. The van der Waals surface area contributed by atoms with E-state index in [0.29, 0.717) is 12.9 Å². The molecule has 3 aliphatic heterocycles. The molecule has 0 N–H and O–H groups in total. The number of benzene rings is 1. The van der Waals surface area contributed by atoms with E-state index in [0.717, 1.165) is 30.8 Å². The number of hydrogen-bond donors (Lipinski definition) is 0. The Morgan fingerprint density at radius 2 is 2.10 bits per heavy atom. The molecule has 20 heavy (non-hydrogen) atoms. The Balaban J connectivity index is 1.79. The molecule has 108 valence electrons. The van der Waals surface area contributed by atoms with Crippen LogP contribution in [0, 0.1) is 0 Å². The fourth-order valence-corrected chi connectivity index (χ4v) is 4.00. The van der Waals surface area contributed by atoms with Gasteiger partial charge in [0.2, 0.25) is 6.79 Å². The minimum atomic E-state index is -0.0620. The zero-order valence-electron chi connectivity index (χ0n) is 12.1. The molecule has 1 saturated heterocycles. The first-order chi connectivity index (χ1) is 9.81. The lowest BCUT2D eigenvalue weighted by atomic mass is 9.74. The van der Waals surface area contributed by atoms with Gasteiger partial charge >= 0.3 is 0 Å². The minimum absolute atomic E-state index is 0.0620. The van der Waals surface area contributed by atoms with Gasteiger partial charge in [0.15, 0.2) is 11.5 Å². The molecule has 3 nitrogen and oxygen atoms in total. The average Bonchev–Trinajstić information content (AvgIpc) is 2.91. The first-order valence-corrected chi connectivity index (χ1v) is 7.91. The molecule has 2 bridgehead atoms. The molecule has 0 aliphatic carbocycles. The molecule has 0 aromatic heterocycles. The highest BCUT2D eigenvalue weighted by molar-refractivity contribution is 5.51. The van der Waals surface area contributed by atoms with Crippen LogP contribution in [-0.2, 0) is 16.8 Å². The monoisotopic (exact) mass is 274 g/mol. The molecule has 0 spiro atoms. The molecule has 1 aromatic carbocycles. The number of unbranched alkanes of at least 4 members (excludes halogenated alkanes) is 1. The van der Waals surface area contributed by atoms with Gasteiger partial charge in [0.05, 0.1) is 11.7 Å². The van der Waals surface area contributed by atoms with Gasteiger partial charge in [0.1, 0.15) is 0 Å². The highest BCUT2D eigenvalue weighted by Gasteiger charge is 2.44. The van der Waals surface area contributed by atoms with Crippen LogP contribution in [0.3, 0.4) is 0 Å². The van der Waals surface area contributed by atoms with E-state index in [9.17, 15) is 0 Å². The molecule has 0 unspecified atom stereocenters. The topological polar surface area (TPSA) is 27.7 Å². The van der Waals surface area contributed by atoms with Gasteiger partial charge in [0, 0.05) is 0 Å². The fourth-order valence-electron chi connectivity index (χ4n) is 4.00. The quantitative estimate of drug-likeness (QED) is 0.836. The van der Waals surface area contributed by atoms with Crippen molar-refractivity contribution in [3.8, 4) is 11.5 Å². The third-order valence-corrected chi connectivity index (χ3v) is 4.97. The average molecular weight is 274 g/mol. The van der Waals surface area contributed by atoms with Crippen molar-refractivity contribution in [3.05, 3.63) is 23.3 Å². The standard InChI is InChI=1S/C17H22O3/c1-2-3-6-17-7-4-5-13(20-17)8-12-9-15-16(10-14(12)17)19-11-18-15/h9-10,13H,2-8,11H2,1H3/t13-,17+/m0/s1. The van der Waals surface area contributed by atoms with Crippen LogP contribution in [0.2, 0.25) is 0 Å². The second kappa shape index (κ2) is 4.66. The Bertz CT molecular complexity index is 525. The first kappa shape index (κ1) is 12.5. The molecule has 3 aliphatic rings. The van der Waals surface area contributed by atoms with Crippen LogP contribution < -0.4 is 9.47 Å². The van der Waals surface area contributed by atoms with Crippen molar-refractivity contribution in [3.63, 3.8) is 0 Å². The van der Waals surface area contributed by atoms with Gasteiger partial charge in [-0.05, 0) is 55.4 Å². The van der Waals surface area contributed by atoms with Crippen molar-refractivity contribution in [2.24, 2.45) is 0 Å². The maximum Gasteiger partial charge on any atom is 0.231 e. The minimum Gasteiger partial charge on any atom is -0.454 e. The Morgan fingerprint density at radius 3 is 2.95 bits per heavy atom. The summed E-state index contributed by atoms with van der Waals surface area (Å²) in [7, 11) is 0. The number of hydrogen-bond acceptors (Lipinski definition) is 3. The second-order valence-electron chi connectivity index (χ2n) is 6.30. The van der Waals surface area contributed by atoms with Crippen molar-refractivity contribution in [1.29, 1.82) is 0 Å². The smallest absolute Gasteiger partial charge is 0.231 e. The number of ether oxygens (including phenoxy) is 3. The van der Waals surface area contributed by atoms with E-state index in [4.69, 9.17) is 14.2 Å². The lowest BCUT2D eigenvalue weighted by Crippen LogP contribution is -2.44. The second-order valence-corrected chi connectivity index (χ2v) is 6.30. The molecule has 2 atom stereocenters. The SMILES string of the molecule is CCCC[C@@]12CCC[C@@H](Cc3cc4c(cc31)OCO4)O2. The van der Waals surface area contributed by atoms with Crippen molar-refractivity contribution in [2.45, 2.75) is 63.6 Å². The van der Waals surface area contributed by atoms with E-state index in [-0.39, 0.29) is 5.60 Å². The van der Waals surface area contributed by atoms with Gasteiger partial charge in [-0.15, -0.1) is 0 Å². The van der Waals surface area contributed by atoms with Crippen LogP contribution >= 0.6 is 0 Å². The Labute approximate surface area is 120 Å². The van der Waals surface area contributed by atoms with Crippen LogP contribution in [0.25, 0.3) is 0 Å². The fraction of sp³-hybridized carbons (Fsp3) is 0.647. The van der Waals surface area contributed by atoms with E-state index < -0.39 is 0 Å². The predicted molar refractivity (Wildman–Crippen MR) is 76.2 cm³/mol. The molecule has 3 heteroatoms. The number of rotatable bonds is 3. The molecule has 4 rings (SSSR count). The first-order valence-electron chi connectivity index (χ1n) is 7.91. The molecular formula is C17H22O3. The van der Waals surface area contributed by atoms with Crippen molar-refractivity contribution in [1.82, 2.24) is 0 Å². The van der Waals surface area contributed by atoms with Gasteiger partial charge in [-0.25, -0.2) is 0 Å². The molecule has 0 radical (unpaired) electrons. The van der Waals surface area contributed by atoms with E-state index in [1.165, 1.54) is 36.8 Å². The van der Waals surface area contributed by atoms with Gasteiger partial charge in [-0.2, -0.15) is 0 Å². The molecule has 3 heterocycles. The molecule has 0 amide bonds. The summed E-state index contributed by atoms with van der Waals surface area (Å²) in [6.45, 7) is 2.60. The normalized spacial score (nSPS) is 30.1. The van der Waals surface area contributed by atoms with Crippen LogP contribution in [0.15, 0.2) is 12.1 Å². The lowest BCUT2D eigenvalue weighted by Gasteiger charge is -2.47. The summed E-state index contributed by atoms with van der Waals surface area (Å²) in [6, 6.07) is 4.38.